The summed E-state index contributed by atoms with van der Waals surface area (Å²) in [5.74, 6) is 0.940. The Balaban J connectivity index is 1.83. The lowest BCUT2D eigenvalue weighted by Crippen LogP contribution is -2.29. The fourth-order valence-corrected chi connectivity index (χ4v) is 3.31. The Hall–Kier alpha value is -1.72. The summed E-state index contributed by atoms with van der Waals surface area (Å²) in [5, 5.41) is 3.85. The van der Waals surface area contributed by atoms with Gasteiger partial charge in [-0.25, -0.2) is 14.4 Å². The van der Waals surface area contributed by atoms with Gasteiger partial charge in [-0.2, -0.15) is 0 Å². The lowest BCUT2D eigenvalue weighted by atomic mass is 9.96. The van der Waals surface area contributed by atoms with E-state index in [0.717, 1.165) is 37.4 Å². The number of rotatable bonds is 5. The van der Waals surface area contributed by atoms with E-state index in [1.54, 1.807) is 18.5 Å². The van der Waals surface area contributed by atoms with Crippen LogP contribution in [0.25, 0.3) is 0 Å². The number of benzene rings is 1. The summed E-state index contributed by atoms with van der Waals surface area (Å²) in [6.45, 7) is 5.15. The first kappa shape index (κ1) is 17.1. The number of nitrogens with zero attached hydrogens (tertiary/aromatic N) is 3. The van der Waals surface area contributed by atoms with E-state index in [4.69, 9.17) is 11.6 Å². The third-order valence-electron chi connectivity index (χ3n) is 4.51. The minimum Gasteiger partial charge on any atom is -0.352 e. The molecule has 0 saturated carbocycles. The molecule has 0 amide bonds. The molecule has 1 N–H and O–H groups in total. The Kier molecular flexibility index (Phi) is 5.63. The predicted octanol–water partition coefficient (Wildman–Crippen LogP) is 3.76. The maximum Gasteiger partial charge on any atom is 0.132 e. The molecule has 1 aliphatic rings. The molecule has 0 unspecified atom stereocenters. The molecule has 2 heterocycles. The van der Waals surface area contributed by atoms with Crippen molar-refractivity contribution < 1.29 is 4.39 Å². The normalized spacial score (nSPS) is 17.7. The van der Waals surface area contributed by atoms with Crippen LogP contribution in [0.15, 0.2) is 30.6 Å². The lowest BCUT2D eigenvalue weighted by molar-refractivity contribution is 0.454. The monoisotopic (exact) mass is 348 g/mol. The molecule has 0 spiro atoms. The molecule has 1 saturated heterocycles. The molecule has 1 aliphatic heterocycles. The van der Waals surface area contributed by atoms with Crippen molar-refractivity contribution in [3.63, 3.8) is 0 Å². The van der Waals surface area contributed by atoms with E-state index < -0.39 is 0 Å². The lowest BCUT2D eigenvalue weighted by Gasteiger charge is -2.25. The number of nitrogens with one attached hydrogen (secondary N) is 1. The summed E-state index contributed by atoms with van der Waals surface area (Å²) in [6, 6.07) is 6.80. The van der Waals surface area contributed by atoms with Crippen LogP contribution < -0.4 is 10.2 Å². The molecule has 0 radical (unpaired) electrons. The molecule has 1 atom stereocenters. The van der Waals surface area contributed by atoms with Gasteiger partial charge in [0.15, 0.2) is 0 Å². The van der Waals surface area contributed by atoms with E-state index in [9.17, 15) is 4.39 Å². The standard InChI is InChI=1S/C18H22ClFN4/c1-2-24(11-14-15(19)6-3-7-16(14)20)18-9-17(22-12-23-18)13-5-4-8-21-10-13/h3,6-7,9,12-13,21H,2,4-5,8,10-11H2,1H3/t13-/m1/s1. The van der Waals surface area contributed by atoms with Crippen molar-refractivity contribution in [2.24, 2.45) is 0 Å². The van der Waals surface area contributed by atoms with Gasteiger partial charge >= 0.3 is 0 Å². The minimum absolute atomic E-state index is 0.285. The van der Waals surface area contributed by atoms with Crippen LogP contribution in [0.3, 0.4) is 0 Å². The van der Waals surface area contributed by atoms with Crippen LogP contribution in [0.5, 0.6) is 0 Å². The highest BCUT2D eigenvalue weighted by Gasteiger charge is 2.19. The zero-order valence-electron chi connectivity index (χ0n) is 13.8. The van der Waals surface area contributed by atoms with Gasteiger partial charge in [0.2, 0.25) is 0 Å². The molecule has 1 aromatic heterocycles. The van der Waals surface area contributed by atoms with Gasteiger partial charge in [0.25, 0.3) is 0 Å². The first-order chi connectivity index (χ1) is 11.7. The molecule has 0 aliphatic carbocycles. The summed E-state index contributed by atoms with van der Waals surface area (Å²) in [6.07, 6.45) is 3.89. The predicted molar refractivity (Wildman–Crippen MR) is 95.0 cm³/mol. The van der Waals surface area contributed by atoms with Gasteiger partial charge in [-0.05, 0) is 38.4 Å². The summed E-state index contributed by atoms with van der Waals surface area (Å²) in [4.78, 5) is 10.9. The molecule has 3 rings (SSSR count). The fraction of sp³-hybridized carbons (Fsp3) is 0.444. The highest BCUT2D eigenvalue weighted by molar-refractivity contribution is 6.31. The smallest absolute Gasteiger partial charge is 0.132 e. The van der Waals surface area contributed by atoms with Crippen molar-refractivity contribution in [2.45, 2.75) is 32.2 Å². The van der Waals surface area contributed by atoms with Crippen LogP contribution in [-0.4, -0.2) is 29.6 Å². The van der Waals surface area contributed by atoms with Crippen LogP contribution in [0, 0.1) is 5.82 Å². The molecular weight excluding hydrogens is 327 g/mol. The molecule has 128 valence electrons. The van der Waals surface area contributed by atoms with Gasteiger partial charge in [-0.15, -0.1) is 0 Å². The molecule has 0 bridgehead atoms. The molecule has 1 fully saturated rings. The average Bonchev–Trinajstić information content (AvgIpc) is 2.62. The largest absolute Gasteiger partial charge is 0.352 e. The second-order valence-corrected chi connectivity index (χ2v) is 6.47. The number of aromatic nitrogens is 2. The molecule has 6 heteroatoms. The quantitative estimate of drug-likeness (QED) is 0.893. The van der Waals surface area contributed by atoms with Crippen molar-refractivity contribution in [1.29, 1.82) is 0 Å². The van der Waals surface area contributed by atoms with Crippen LogP contribution in [-0.2, 0) is 6.54 Å². The average molecular weight is 349 g/mol. The fourth-order valence-electron chi connectivity index (χ4n) is 3.09. The zero-order chi connectivity index (χ0) is 16.9. The number of hydrogen-bond acceptors (Lipinski definition) is 4. The van der Waals surface area contributed by atoms with Gasteiger partial charge < -0.3 is 10.2 Å². The highest BCUT2D eigenvalue weighted by Crippen LogP contribution is 2.26. The first-order valence-electron chi connectivity index (χ1n) is 8.39. The van der Waals surface area contributed by atoms with E-state index >= 15 is 0 Å². The molecule has 2 aromatic rings. The van der Waals surface area contributed by atoms with Crippen molar-refractivity contribution in [3.8, 4) is 0 Å². The van der Waals surface area contributed by atoms with Crippen molar-refractivity contribution >= 4 is 17.4 Å². The van der Waals surface area contributed by atoms with Crippen LogP contribution in [0.1, 0.15) is 36.9 Å². The van der Waals surface area contributed by atoms with Gasteiger partial charge in [0.05, 0.1) is 5.69 Å². The van der Waals surface area contributed by atoms with Gasteiger partial charge in [-0.1, -0.05) is 17.7 Å². The van der Waals surface area contributed by atoms with E-state index in [-0.39, 0.29) is 5.82 Å². The molecule has 1 aromatic carbocycles. The summed E-state index contributed by atoms with van der Waals surface area (Å²) in [7, 11) is 0. The third kappa shape index (κ3) is 3.84. The highest BCUT2D eigenvalue weighted by atomic mass is 35.5. The molecule has 24 heavy (non-hydrogen) atoms. The number of anilines is 1. The van der Waals surface area contributed by atoms with E-state index in [2.05, 4.69) is 15.3 Å². The maximum atomic E-state index is 14.1. The SMILES string of the molecule is CCN(Cc1c(F)cccc1Cl)c1cc([C@@H]2CCCNC2)ncn1. The van der Waals surface area contributed by atoms with Crippen molar-refractivity contribution in [3.05, 3.63) is 52.7 Å². The second kappa shape index (κ2) is 7.90. The van der Waals surface area contributed by atoms with E-state index in [0.29, 0.717) is 29.6 Å². The Morgan fingerprint density at radius 3 is 2.96 bits per heavy atom. The number of piperidine rings is 1. The van der Waals surface area contributed by atoms with Gasteiger partial charge in [0.1, 0.15) is 18.0 Å². The third-order valence-corrected chi connectivity index (χ3v) is 4.86. The zero-order valence-corrected chi connectivity index (χ0v) is 14.6. The Morgan fingerprint density at radius 1 is 1.38 bits per heavy atom. The van der Waals surface area contributed by atoms with Gasteiger partial charge in [-0.3, -0.25) is 0 Å². The Labute approximate surface area is 147 Å². The van der Waals surface area contributed by atoms with Crippen LogP contribution in [0.4, 0.5) is 10.2 Å². The number of hydrogen-bond donors (Lipinski definition) is 1. The number of halogens is 2. The summed E-state index contributed by atoms with van der Waals surface area (Å²) < 4.78 is 14.1. The second-order valence-electron chi connectivity index (χ2n) is 6.06. The molecule has 4 nitrogen and oxygen atoms in total. The van der Waals surface area contributed by atoms with Crippen LogP contribution in [0.2, 0.25) is 5.02 Å². The first-order valence-corrected chi connectivity index (χ1v) is 8.77. The van der Waals surface area contributed by atoms with E-state index in [1.807, 2.05) is 17.9 Å². The Morgan fingerprint density at radius 2 is 2.25 bits per heavy atom. The van der Waals surface area contributed by atoms with E-state index in [1.165, 1.54) is 6.07 Å². The van der Waals surface area contributed by atoms with Crippen molar-refractivity contribution in [1.82, 2.24) is 15.3 Å². The molecular formula is C18H22ClFN4. The topological polar surface area (TPSA) is 41.0 Å². The van der Waals surface area contributed by atoms with Crippen molar-refractivity contribution in [2.75, 3.05) is 24.5 Å². The van der Waals surface area contributed by atoms with Crippen LogP contribution >= 0.6 is 11.6 Å². The summed E-state index contributed by atoms with van der Waals surface area (Å²) in [5.41, 5.74) is 1.55. The van der Waals surface area contributed by atoms with Gasteiger partial charge in [0, 0.05) is 42.2 Å². The minimum atomic E-state index is -0.285. The Bertz CT molecular complexity index is 668. The summed E-state index contributed by atoms with van der Waals surface area (Å²) >= 11 is 6.16. The maximum absolute atomic E-state index is 14.1.